The first-order chi connectivity index (χ1) is 8.00. The smallest absolute Gasteiger partial charge is 0.295 e. The van der Waals surface area contributed by atoms with Crippen LogP contribution in [0.5, 0.6) is 0 Å². The molecule has 5 nitrogen and oxygen atoms in total. The van der Waals surface area contributed by atoms with Crippen LogP contribution < -0.4 is 10.2 Å². The van der Waals surface area contributed by atoms with Gasteiger partial charge in [-0.3, -0.25) is 10.1 Å². The first-order valence-electron chi connectivity index (χ1n) is 5.39. The number of hydrogen-bond acceptors (Lipinski definition) is 4. The number of rotatable bonds is 3. The summed E-state index contributed by atoms with van der Waals surface area (Å²) in [5.41, 5.74) is 0.715. The topological polar surface area (TPSA) is 58.4 Å². The Morgan fingerprint density at radius 1 is 1.53 bits per heavy atom. The summed E-state index contributed by atoms with van der Waals surface area (Å²) in [6.45, 7) is 3.20. The molecular formula is C11H14FN3O2. The molecule has 0 spiro atoms. The van der Waals surface area contributed by atoms with Crippen LogP contribution in [0, 0.1) is 22.9 Å². The van der Waals surface area contributed by atoms with Crippen LogP contribution in [0.2, 0.25) is 0 Å². The number of anilines is 1. The van der Waals surface area contributed by atoms with Crippen LogP contribution in [-0.4, -0.2) is 31.1 Å². The minimum absolute atomic E-state index is 0.178. The van der Waals surface area contributed by atoms with Gasteiger partial charge in [-0.15, -0.1) is 0 Å². The fourth-order valence-electron chi connectivity index (χ4n) is 1.83. The highest BCUT2D eigenvalue weighted by molar-refractivity contribution is 5.65. The molecular weight excluding hydrogens is 225 g/mol. The second kappa shape index (κ2) is 4.29. The molecule has 1 fully saturated rings. The number of benzene rings is 1. The molecule has 2 rings (SSSR count). The molecule has 1 aromatic carbocycles. The summed E-state index contributed by atoms with van der Waals surface area (Å²) in [6, 6.07) is 2.76. The van der Waals surface area contributed by atoms with Crippen molar-refractivity contribution in [3.05, 3.63) is 33.6 Å². The average molecular weight is 239 g/mol. The molecule has 1 heterocycles. The second-order valence-electron chi connectivity index (χ2n) is 4.27. The molecule has 0 radical (unpaired) electrons. The summed E-state index contributed by atoms with van der Waals surface area (Å²) in [5.74, 6) is -0.541. The molecule has 17 heavy (non-hydrogen) atoms. The predicted octanol–water partition coefficient (Wildman–Crippen LogP) is 1.45. The van der Waals surface area contributed by atoms with Crippen molar-refractivity contribution in [1.29, 1.82) is 0 Å². The molecule has 6 heteroatoms. The number of nitrogens with zero attached hydrogens (tertiary/aromatic N) is 2. The van der Waals surface area contributed by atoms with Crippen molar-refractivity contribution < 1.29 is 9.31 Å². The monoisotopic (exact) mass is 239 g/mol. The molecule has 0 unspecified atom stereocenters. The van der Waals surface area contributed by atoms with E-state index in [0.717, 1.165) is 19.2 Å². The van der Waals surface area contributed by atoms with Crippen molar-refractivity contribution in [3.8, 4) is 0 Å². The zero-order valence-corrected chi connectivity index (χ0v) is 9.74. The molecule has 1 aliphatic rings. The lowest BCUT2D eigenvalue weighted by molar-refractivity contribution is -0.384. The molecule has 1 aromatic rings. The van der Waals surface area contributed by atoms with Crippen LogP contribution in [0.15, 0.2) is 12.1 Å². The first kappa shape index (κ1) is 11.8. The summed E-state index contributed by atoms with van der Waals surface area (Å²) in [5, 5.41) is 14.0. The fourth-order valence-corrected chi connectivity index (χ4v) is 1.83. The largest absolute Gasteiger partial charge is 0.363 e. The van der Waals surface area contributed by atoms with Gasteiger partial charge >= 0.3 is 0 Å². The van der Waals surface area contributed by atoms with E-state index in [1.54, 1.807) is 14.0 Å². The first-order valence-corrected chi connectivity index (χ1v) is 5.39. The van der Waals surface area contributed by atoms with Gasteiger partial charge in [-0.1, -0.05) is 0 Å². The van der Waals surface area contributed by atoms with E-state index in [2.05, 4.69) is 5.32 Å². The number of aryl methyl sites for hydroxylation is 1. The zero-order chi connectivity index (χ0) is 12.6. The van der Waals surface area contributed by atoms with Gasteiger partial charge in [0, 0.05) is 20.1 Å². The zero-order valence-electron chi connectivity index (χ0n) is 9.74. The summed E-state index contributed by atoms with van der Waals surface area (Å²) in [7, 11) is 1.80. The standard InChI is InChI=1S/C11H14FN3O2/c1-7-3-10(14(2)8-5-13-6-8)11(15(16)17)4-9(7)12/h3-4,8,13H,5-6H2,1-2H3. The van der Waals surface area contributed by atoms with Crippen molar-refractivity contribution in [2.75, 3.05) is 25.0 Å². The molecule has 0 bridgehead atoms. The van der Waals surface area contributed by atoms with Gasteiger partial charge in [0.1, 0.15) is 11.5 Å². The van der Waals surface area contributed by atoms with E-state index >= 15 is 0 Å². The molecule has 1 N–H and O–H groups in total. The molecule has 0 aliphatic carbocycles. The van der Waals surface area contributed by atoms with Gasteiger partial charge < -0.3 is 10.2 Å². The van der Waals surface area contributed by atoms with Crippen LogP contribution in [0.4, 0.5) is 15.8 Å². The number of halogens is 1. The Morgan fingerprint density at radius 3 is 2.65 bits per heavy atom. The van der Waals surface area contributed by atoms with Crippen LogP contribution in [0.3, 0.4) is 0 Å². The van der Waals surface area contributed by atoms with Crippen LogP contribution in [-0.2, 0) is 0 Å². The number of nitro benzene ring substituents is 1. The average Bonchev–Trinajstić information content (AvgIpc) is 2.18. The van der Waals surface area contributed by atoms with E-state index in [0.29, 0.717) is 11.3 Å². The Bertz CT molecular complexity index is 460. The number of nitro groups is 1. The lowest BCUT2D eigenvalue weighted by Gasteiger charge is -2.36. The molecule has 92 valence electrons. The Hall–Kier alpha value is -1.69. The summed E-state index contributed by atoms with van der Waals surface area (Å²) in [4.78, 5) is 12.2. The van der Waals surface area contributed by atoms with Crippen molar-refractivity contribution in [3.63, 3.8) is 0 Å². The van der Waals surface area contributed by atoms with E-state index in [9.17, 15) is 14.5 Å². The highest BCUT2D eigenvalue weighted by Gasteiger charge is 2.27. The van der Waals surface area contributed by atoms with Crippen LogP contribution in [0.25, 0.3) is 0 Å². The van der Waals surface area contributed by atoms with Gasteiger partial charge in [0.15, 0.2) is 0 Å². The van der Waals surface area contributed by atoms with E-state index in [1.165, 1.54) is 6.07 Å². The highest BCUT2D eigenvalue weighted by Crippen LogP contribution is 2.31. The summed E-state index contributed by atoms with van der Waals surface area (Å²) < 4.78 is 13.3. The Kier molecular flexibility index (Phi) is 2.97. The van der Waals surface area contributed by atoms with E-state index in [1.807, 2.05) is 4.90 Å². The van der Waals surface area contributed by atoms with E-state index in [4.69, 9.17) is 0 Å². The van der Waals surface area contributed by atoms with Crippen molar-refractivity contribution in [1.82, 2.24) is 5.32 Å². The fraction of sp³-hybridized carbons (Fsp3) is 0.455. The molecule has 0 atom stereocenters. The molecule has 0 amide bonds. The summed E-state index contributed by atoms with van der Waals surface area (Å²) >= 11 is 0. The van der Waals surface area contributed by atoms with Crippen molar-refractivity contribution in [2.45, 2.75) is 13.0 Å². The lowest BCUT2D eigenvalue weighted by Crippen LogP contribution is -2.56. The molecule has 1 saturated heterocycles. The van der Waals surface area contributed by atoms with Crippen LogP contribution >= 0.6 is 0 Å². The maximum absolute atomic E-state index is 13.3. The normalized spacial score (nSPS) is 15.5. The second-order valence-corrected chi connectivity index (χ2v) is 4.27. The maximum atomic E-state index is 13.3. The Balaban J connectivity index is 2.42. The van der Waals surface area contributed by atoms with Gasteiger partial charge in [0.2, 0.25) is 0 Å². The van der Waals surface area contributed by atoms with Gasteiger partial charge in [-0.05, 0) is 18.6 Å². The highest BCUT2D eigenvalue weighted by atomic mass is 19.1. The lowest BCUT2D eigenvalue weighted by atomic mass is 10.1. The van der Waals surface area contributed by atoms with Gasteiger partial charge in [-0.25, -0.2) is 4.39 Å². The van der Waals surface area contributed by atoms with Crippen LogP contribution in [0.1, 0.15) is 5.56 Å². The molecule has 0 aromatic heterocycles. The number of nitrogens with one attached hydrogen (secondary N) is 1. The SMILES string of the molecule is Cc1cc(N(C)C2CNC2)c([N+](=O)[O-])cc1F. The summed E-state index contributed by atoms with van der Waals surface area (Å²) in [6.07, 6.45) is 0. The Morgan fingerprint density at radius 2 is 2.18 bits per heavy atom. The number of hydrogen-bond donors (Lipinski definition) is 1. The molecule has 1 aliphatic heterocycles. The molecule has 0 saturated carbocycles. The minimum atomic E-state index is -0.541. The number of likely N-dealkylation sites (N-methyl/N-ethyl adjacent to an activating group) is 1. The third-order valence-corrected chi connectivity index (χ3v) is 3.14. The predicted molar refractivity (Wildman–Crippen MR) is 62.9 cm³/mol. The van der Waals surface area contributed by atoms with Gasteiger partial charge in [-0.2, -0.15) is 0 Å². The maximum Gasteiger partial charge on any atom is 0.295 e. The van der Waals surface area contributed by atoms with Gasteiger partial charge in [0.25, 0.3) is 5.69 Å². The van der Waals surface area contributed by atoms with E-state index in [-0.39, 0.29) is 11.7 Å². The third-order valence-electron chi connectivity index (χ3n) is 3.14. The van der Waals surface area contributed by atoms with Gasteiger partial charge in [0.05, 0.1) is 17.0 Å². The van der Waals surface area contributed by atoms with Crippen molar-refractivity contribution in [2.24, 2.45) is 0 Å². The Labute approximate surface area is 98.4 Å². The van der Waals surface area contributed by atoms with Crippen molar-refractivity contribution >= 4 is 11.4 Å². The quantitative estimate of drug-likeness (QED) is 0.640. The van der Waals surface area contributed by atoms with E-state index < -0.39 is 10.7 Å². The minimum Gasteiger partial charge on any atom is -0.363 e. The third kappa shape index (κ3) is 2.08.